The lowest BCUT2D eigenvalue weighted by Gasteiger charge is -2.21. The summed E-state index contributed by atoms with van der Waals surface area (Å²) in [6, 6.07) is 0. The summed E-state index contributed by atoms with van der Waals surface area (Å²) in [6.07, 6.45) is 6.62. The lowest BCUT2D eigenvalue weighted by Crippen LogP contribution is -2.30. The second-order valence-electron chi connectivity index (χ2n) is 5.55. The fraction of sp³-hybridized carbons (Fsp3) is 1.00. The molecule has 7 heteroatoms. The minimum Gasteiger partial charge on any atom is -0.390 e. The van der Waals surface area contributed by atoms with Gasteiger partial charge in [-0.05, 0) is 45.8 Å². The molecule has 0 aromatic carbocycles. The predicted octanol–water partition coefficient (Wildman–Crippen LogP) is 2.26. The number of aliphatic hydroxyl groups excluding tert-OH is 2. The predicted molar refractivity (Wildman–Crippen MR) is 90.4 cm³/mol. The molecule has 22 heavy (non-hydrogen) atoms. The van der Waals surface area contributed by atoms with E-state index in [1.165, 1.54) is 58.2 Å². The third-order valence-electron chi connectivity index (χ3n) is 3.20. The summed E-state index contributed by atoms with van der Waals surface area (Å²) in [5, 5.41) is 16.7. The van der Waals surface area contributed by atoms with Crippen LogP contribution in [-0.2, 0) is 10.1 Å². The monoisotopic (exact) mass is 341 g/mol. The summed E-state index contributed by atoms with van der Waals surface area (Å²) in [6.45, 7) is 11.8. The SMILES string of the molecule is CC(O)C(O)S(=O)(=O)O.CCCCN(CCCC)CCCC. The lowest BCUT2D eigenvalue weighted by atomic mass is 10.2. The van der Waals surface area contributed by atoms with Crippen LogP contribution in [0.2, 0.25) is 0 Å². The van der Waals surface area contributed by atoms with E-state index in [2.05, 4.69) is 25.7 Å². The number of hydrogen-bond donors (Lipinski definition) is 3. The highest BCUT2D eigenvalue weighted by atomic mass is 32.2. The van der Waals surface area contributed by atoms with Gasteiger partial charge in [-0.25, -0.2) is 0 Å². The maximum absolute atomic E-state index is 9.92. The van der Waals surface area contributed by atoms with Gasteiger partial charge in [-0.15, -0.1) is 0 Å². The second kappa shape index (κ2) is 14.4. The maximum Gasteiger partial charge on any atom is 0.294 e. The third kappa shape index (κ3) is 14.7. The van der Waals surface area contributed by atoms with Gasteiger partial charge in [0.2, 0.25) is 5.44 Å². The van der Waals surface area contributed by atoms with Crippen LogP contribution >= 0.6 is 0 Å². The third-order valence-corrected chi connectivity index (χ3v) is 4.21. The van der Waals surface area contributed by atoms with Crippen molar-refractivity contribution < 1.29 is 23.2 Å². The van der Waals surface area contributed by atoms with Gasteiger partial charge in [-0.3, -0.25) is 4.55 Å². The quantitative estimate of drug-likeness (QED) is 0.499. The molecule has 0 aromatic heterocycles. The minimum absolute atomic E-state index is 1.05. The van der Waals surface area contributed by atoms with Crippen molar-refractivity contribution in [3.05, 3.63) is 0 Å². The minimum atomic E-state index is -4.50. The van der Waals surface area contributed by atoms with Crippen molar-refractivity contribution in [2.45, 2.75) is 77.8 Å². The van der Waals surface area contributed by atoms with Crippen LogP contribution in [0, 0.1) is 0 Å². The van der Waals surface area contributed by atoms with E-state index in [0.29, 0.717) is 0 Å². The van der Waals surface area contributed by atoms with Gasteiger partial charge in [0.1, 0.15) is 0 Å². The van der Waals surface area contributed by atoms with E-state index < -0.39 is 21.7 Å². The summed E-state index contributed by atoms with van der Waals surface area (Å²) in [5.74, 6) is 0. The molecule has 0 fully saturated rings. The highest BCUT2D eigenvalue weighted by Crippen LogP contribution is 2.01. The zero-order chi connectivity index (χ0) is 17.6. The van der Waals surface area contributed by atoms with Crippen molar-refractivity contribution in [1.29, 1.82) is 0 Å². The van der Waals surface area contributed by atoms with Crippen molar-refractivity contribution >= 4 is 10.1 Å². The van der Waals surface area contributed by atoms with Crippen LogP contribution in [0.5, 0.6) is 0 Å². The average molecular weight is 342 g/mol. The molecule has 0 amide bonds. The molecule has 0 aliphatic heterocycles. The van der Waals surface area contributed by atoms with Gasteiger partial charge in [0.25, 0.3) is 10.1 Å². The topological polar surface area (TPSA) is 98.1 Å². The highest BCUT2D eigenvalue weighted by Gasteiger charge is 2.24. The van der Waals surface area contributed by atoms with Crippen molar-refractivity contribution in [3.63, 3.8) is 0 Å². The molecule has 0 aromatic rings. The molecule has 0 saturated heterocycles. The van der Waals surface area contributed by atoms with Gasteiger partial charge in [0.15, 0.2) is 0 Å². The molecule has 0 spiro atoms. The van der Waals surface area contributed by atoms with Crippen molar-refractivity contribution in [1.82, 2.24) is 4.90 Å². The number of nitrogens with zero attached hydrogens (tertiary/aromatic N) is 1. The molecule has 0 saturated carbocycles. The molecule has 136 valence electrons. The molecule has 2 atom stereocenters. The van der Waals surface area contributed by atoms with Crippen LogP contribution in [-0.4, -0.2) is 59.3 Å². The molecule has 2 unspecified atom stereocenters. The Bertz CT molecular complexity index is 314. The first-order valence-electron chi connectivity index (χ1n) is 8.25. The van der Waals surface area contributed by atoms with Crippen LogP contribution in [0.25, 0.3) is 0 Å². The van der Waals surface area contributed by atoms with Crippen molar-refractivity contribution in [2.75, 3.05) is 19.6 Å². The first-order valence-corrected chi connectivity index (χ1v) is 9.75. The molecule has 6 nitrogen and oxygen atoms in total. The smallest absolute Gasteiger partial charge is 0.294 e. The summed E-state index contributed by atoms with van der Waals surface area (Å²) in [5.41, 5.74) is -2.10. The Balaban J connectivity index is 0. The zero-order valence-electron chi connectivity index (χ0n) is 14.5. The standard InChI is InChI=1S/C12H27N.C3H8O5S/c1-4-7-10-13(11-8-5-2)12-9-6-3;1-2(4)3(5)9(6,7)8/h4-12H2,1-3H3;2-5H,1H3,(H,6,7,8). The Labute approximate surface area is 136 Å². The number of unbranched alkanes of at least 4 members (excludes halogenated alkanes) is 3. The maximum atomic E-state index is 9.92. The van der Waals surface area contributed by atoms with Gasteiger partial charge in [0.05, 0.1) is 6.10 Å². The van der Waals surface area contributed by atoms with Crippen LogP contribution in [0.3, 0.4) is 0 Å². The van der Waals surface area contributed by atoms with E-state index >= 15 is 0 Å². The fourth-order valence-corrected chi connectivity index (χ4v) is 2.23. The molecule has 0 bridgehead atoms. The molecule has 3 N–H and O–H groups in total. The summed E-state index contributed by atoms with van der Waals surface area (Å²) in [4.78, 5) is 2.64. The summed E-state index contributed by atoms with van der Waals surface area (Å²) < 4.78 is 27.9. The number of rotatable bonds is 11. The van der Waals surface area contributed by atoms with Gasteiger partial charge >= 0.3 is 0 Å². The molecular formula is C15H35NO5S. The summed E-state index contributed by atoms with van der Waals surface area (Å²) >= 11 is 0. The van der Waals surface area contributed by atoms with E-state index in [1.54, 1.807) is 0 Å². The second-order valence-corrected chi connectivity index (χ2v) is 7.06. The Kier molecular flexibility index (Phi) is 15.7. The van der Waals surface area contributed by atoms with E-state index in [4.69, 9.17) is 14.8 Å². The first-order chi connectivity index (χ1) is 10.2. The van der Waals surface area contributed by atoms with Crippen LogP contribution in [0.15, 0.2) is 0 Å². The Morgan fingerprint density at radius 3 is 1.32 bits per heavy atom. The van der Waals surface area contributed by atoms with E-state index in [-0.39, 0.29) is 0 Å². The Hall–Kier alpha value is -0.210. The molecule has 0 heterocycles. The summed E-state index contributed by atoms with van der Waals surface area (Å²) in [7, 11) is -4.50. The molecular weight excluding hydrogens is 306 g/mol. The van der Waals surface area contributed by atoms with Crippen LogP contribution in [0.4, 0.5) is 0 Å². The van der Waals surface area contributed by atoms with Gasteiger partial charge in [-0.1, -0.05) is 40.0 Å². The lowest BCUT2D eigenvalue weighted by molar-refractivity contribution is 0.0755. The average Bonchev–Trinajstić information content (AvgIpc) is 2.45. The van der Waals surface area contributed by atoms with E-state index in [0.717, 1.165) is 6.92 Å². The number of aliphatic hydroxyl groups is 2. The van der Waals surface area contributed by atoms with Crippen LogP contribution in [0.1, 0.15) is 66.2 Å². The molecule has 0 radical (unpaired) electrons. The first kappa shape index (κ1) is 24.0. The molecule has 0 aliphatic rings. The van der Waals surface area contributed by atoms with Crippen LogP contribution < -0.4 is 0 Å². The molecule has 0 aliphatic carbocycles. The zero-order valence-corrected chi connectivity index (χ0v) is 15.3. The highest BCUT2D eigenvalue weighted by molar-refractivity contribution is 7.86. The Morgan fingerprint density at radius 1 is 0.864 bits per heavy atom. The van der Waals surface area contributed by atoms with E-state index in [1.807, 2.05) is 0 Å². The van der Waals surface area contributed by atoms with Gasteiger partial charge in [-0.2, -0.15) is 8.42 Å². The Morgan fingerprint density at radius 2 is 1.18 bits per heavy atom. The fourth-order valence-electron chi connectivity index (χ4n) is 1.73. The van der Waals surface area contributed by atoms with Gasteiger partial charge in [0, 0.05) is 0 Å². The largest absolute Gasteiger partial charge is 0.390 e. The van der Waals surface area contributed by atoms with Crippen molar-refractivity contribution in [2.24, 2.45) is 0 Å². The normalized spacial score (nSPS) is 14.4. The van der Waals surface area contributed by atoms with E-state index in [9.17, 15) is 8.42 Å². The molecule has 0 rings (SSSR count). The van der Waals surface area contributed by atoms with Gasteiger partial charge < -0.3 is 15.1 Å². The number of hydrogen-bond acceptors (Lipinski definition) is 5. The van der Waals surface area contributed by atoms with Crippen molar-refractivity contribution in [3.8, 4) is 0 Å².